The molecule has 0 radical (unpaired) electrons. The van der Waals surface area contributed by atoms with Crippen LogP contribution in [-0.4, -0.2) is 33.5 Å². The van der Waals surface area contributed by atoms with Crippen LogP contribution in [0.1, 0.15) is 5.56 Å². The number of hydrogen-bond donors (Lipinski definition) is 2. The molecule has 0 aliphatic heterocycles. The van der Waals surface area contributed by atoms with Crippen LogP contribution in [0.15, 0.2) is 77.8 Å². The van der Waals surface area contributed by atoms with Gasteiger partial charge in [0, 0.05) is 17.8 Å². The number of nitrogens with zero attached hydrogens (tertiary/aromatic N) is 1. The third-order valence-electron chi connectivity index (χ3n) is 4.17. The highest BCUT2D eigenvalue weighted by atomic mass is 32.2. The van der Waals surface area contributed by atoms with Crippen LogP contribution in [0.5, 0.6) is 11.6 Å². The average molecular weight is 439 g/mol. The molecular weight excluding hydrogens is 418 g/mol. The van der Waals surface area contributed by atoms with Gasteiger partial charge in [0.2, 0.25) is 11.8 Å². The first-order valence-electron chi connectivity index (χ1n) is 9.16. The zero-order chi connectivity index (χ0) is 22.3. The third-order valence-corrected chi connectivity index (χ3v) is 5.57. The van der Waals surface area contributed by atoms with Crippen molar-refractivity contribution in [2.24, 2.45) is 0 Å². The van der Waals surface area contributed by atoms with E-state index in [0.29, 0.717) is 28.6 Å². The number of anilines is 2. The van der Waals surface area contributed by atoms with Gasteiger partial charge in [0.1, 0.15) is 5.75 Å². The fourth-order valence-electron chi connectivity index (χ4n) is 2.56. The van der Waals surface area contributed by atoms with Crippen molar-refractivity contribution >= 4 is 33.4 Å². The Morgan fingerprint density at radius 2 is 1.58 bits per heavy atom. The Morgan fingerprint density at radius 3 is 2.16 bits per heavy atom. The summed E-state index contributed by atoms with van der Waals surface area (Å²) < 4.78 is 37.6. The molecule has 2 N–H and O–H groups in total. The second-order valence-corrected chi connectivity index (χ2v) is 8.00. The molecule has 0 unspecified atom stereocenters. The standard InChI is InChI=1S/C22H21N3O5S/c1-29-19-9-6-17(7-10-19)25-31(27,28)20-11-3-16(4-12-20)5-13-21(26)24-18-8-14-22(30-2)23-15-18/h3-15,25H,1-2H3,(H,24,26)/b13-5+. The van der Waals surface area contributed by atoms with Crippen molar-refractivity contribution in [2.45, 2.75) is 4.90 Å². The summed E-state index contributed by atoms with van der Waals surface area (Å²) in [4.78, 5) is 16.2. The molecule has 0 fully saturated rings. The van der Waals surface area contributed by atoms with Gasteiger partial charge in [0.15, 0.2) is 0 Å². The quantitative estimate of drug-likeness (QED) is 0.520. The summed E-state index contributed by atoms with van der Waals surface area (Å²) in [6.07, 6.45) is 4.42. The molecule has 1 amide bonds. The predicted molar refractivity (Wildman–Crippen MR) is 119 cm³/mol. The fourth-order valence-corrected chi connectivity index (χ4v) is 3.62. The molecule has 0 aliphatic carbocycles. The van der Waals surface area contributed by atoms with Gasteiger partial charge in [0.25, 0.3) is 10.0 Å². The lowest BCUT2D eigenvalue weighted by Crippen LogP contribution is -2.12. The molecule has 1 heterocycles. The highest BCUT2D eigenvalue weighted by Gasteiger charge is 2.13. The van der Waals surface area contributed by atoms with E-state index in [4.69, 9.17) is 9.47 Å². The molecular formula is C22H21N3O5S. The van der Waals surface area contributed by atoms with E-state index in [2.05, 4.69) is 15.0 Å². The first-order chi connectivity index (χ1) is 14.9. The molecule has 1 aromatic heterocycles. The van der Waals surface area contributed by atoms with Crippen LogP contribution in [0, 0.1) is 0 Å². The molecule has 3 rings (SSSR count). The van der Waals surface area contributed by atoms with Gasteiger partial charge < -0.3 is 14.8 Å². The first kappa shape index (κ1) is 21.8. The van der Waals surface area contributed by atoms with E-state index in [-0.39, 0.29) is 10.8 Å². The lowest BCUT2D eigenvalue weighted by atomic mass is 10.2. The minimum atomic E-state index is -3.74. The maximum absolute atomic E-state index is 12.5. The smallest absolute Gasteiger partial charge is 0.261 e. The van der Waals surface area contributed by atoms with Gasteiger partial charge in [0.05, 0.1) is 31.0 Å². The van der Waals surface area contributed by atoms with E-state index < -0.39 is 10.0 Å². The summed E-state index contributed by atoms with van der Waals surface area (Å²) in [6.45, 7) is 0. The lowest BCUT2D eigenvalue weighted by molar-refractivity contribution is -0.111. The predicted octanol–water partition coefficient (Wildman–Crippen LogP) is 3.55. The zero-order valence-electron chi connectivity index (χ0n) is 16.9. The van der Waals surface area contributed by atoms with Gasteiger partial charge in [-0.15, -0.1) is 0 Å². The largest absolute Gasteiger partial charge is 0.497 e. The van der Waals surface area contributed by atoms with E-state index >= 15 is 0 Å². The number of ether oxygens (including phenoxy) is 2. The van der Waals surface area contributed by atoms with Crippen molar-refractivity contribution < 1.29 is 22.7 Å². The Kier molecular flexibility index (Phi) is 6.88. The van der Waals surface area contributed by atoms with Crippen LogP contribution in [-0.2, 0) is 14.8 Å². The Balaban J connectivity index is 1.62. The van der Waals surface area contributed by atoms with Crippen molar-refractivity contribution in [1.82, 2.24) is 4.98 Å². The molecule has 3 aromatic rings. The van der Waals surface area contributed by atoms with Crippen molar-refractivity contribution in [3.05, 3.63) is 78.5 Å². The van der Waals surface area contributed by atoms with Crippen LogP contribution >= 0.6 is 0 Å². The maximum Gasteiger partial charge on any atom is 0.261 e. The molecule has 31 heavy (non-hydrogen) atoms. The SMILES string of the molecule is COc1ccc(NS(=O)(=O)c2ccc(/C=C/C(=O)Nc3ccc(OC)nc3)cc2)cc1. The molecule has 0 saturated carbocycles. The van der Waals surface area contributed by atoms with Crippen molar-refractivity contribution in [1.29, 1.82) is 0 Å². The third kappa shape index (κ3) is 6.06. The molecule has 0 atom stereocenters. The Bertz CT molecular complexity index is 1160. The van der Waals surface area contributed by atoms with Crippen LogP contribution in [0.4, 0.5) is 11.4 Å². The van der Waals surface area contributed by atoms with Gasteiger partial charge in [-0.1, -0.05) is 12.1 Å². The van der Waals surface area contributed by atoms with Crippen LogP contribution < -0.4 is 19.5 Å². The van der Waals surface area contributed by atoms with E-state index in [9.17, 15) is 13.2 Å². The Morgan fingerprint density at radius 1 is 0.903 bits per heavy atom. The summed E-state index contributed by atoms with van der Waals surface area (Å²) in [5.41, 5.74) is 1.63. The normalized spacial score (nSPS) is 11.2. The van der Waals surface area contributed by atoms with Gasteiger partial charge in [-0.3, -0.25) is 9.52 Å². The van der Waals surface area contributed by atoms with Crippen LogP contribution in [0.3, 0.4) is 0 Å². The minimum Gasteiger partial charge on any atom is -0.497 e. The first-order valence-corrected chi connectivity index (χ1v) is 10.6. The number of carbonyl (C=O) groups is 1. The Hall–Kier alpha value is -3.85. The highest BCUT2D eigenvalue weighted by molar-refractivity contribution is 7.92. The second-order valence-electron chi connectivity index (χ2n) is 6.31. The van der Waals surface area contributed by atoms with Crippen molar-refractivity contribution in [3.8, 4) is 11.6 Å². The molecule has 0 saturated heterocycles. The molecule has 8 nitrogen and oxygen atoms in total. The maximum atomic E-state index is 12.5. The van der Waals surface area contributed by atoms with Gasteiger partial charge in [-0.2, -0.15) is 0 Å². The molecule has 160 valence electrons. The van der Waals surface area contributed by atoms with Crippen LogP contribution in [0.2, 0.25) is 0 Å². The van der Waals surface area contributed by atoms with Crippen molar-refractivity contribution in [3.63, 3.8) is 0 Å². The van der Waals surface area contributed by atoms with Crippen LogP contribution in [0.25, 0.3) is 6.08 Å². The minimum absolute atomic E-state index is 0.106. The summed E-state index contributed by atoms with van der Waals surface area (Å²) in [5.74, 6) is 0.737. The zero-order valence-corrected chi connectivity index (χ0v) is 17.7. The number of aromatic nitrogens is 1. The number of pyridine rings is 1. The van der Waals surface area contributed by atoms with E-state index in [0.717, 1.165) is 0 Å². The number of rotatable bonds is 8. The fraction of sp³-hybridized carbons (Fsp3) is 0.0909. The number of carbonyl (C=O) groups excluding carboxylic acids is 1. The number of nitrogens with one attached hydrogen (secondary N) is 2. The summed E-state index contributed by atoms with van der Waals surface area (Å²) >= 11 is 0. The molecule has 0 bridgehead atoms. The molecule has 9 heteroatoms. The van der Waals surface area contributed by atoms with Gasteiger partial charge in [-0.05, 0) is 54.1 Å². The molecule has 2 aromatic carbocycles. The monoisotopic (exact) mass is 439 g/mol. The molecule has 0 spiro atoms. The van der Waals surface area contributed by atoms with E-state index in [1.165, 1.54) is 38.6 Å². The summed E-state index contributed by atoms with van der Waals surface area (Å²) in [6, 6.07) is 16.0. The number of benzene rings is 2. The summed E-state index contributed by atoms with van der Waals surface area (Å²) in [5, 5.41) is 2.68. The number of sulfonamides is 1. The lowest BCUT2D eigenvalue weighted by Gasteiger charge is -2.09. The second kappa shape index (κ2) is 9.77. The number of amides is 1. The highest BCUT2D eigenvalue weighted by Crippen LogP contribution is 2.20. The Labute approximate surface area is 180 Å². The number of hydrogen-bond acceptors (Lipinski definition) is 6. The van der Waals surface area contributed by atoms with Crippen molar-refractivity contribution in [2.75, 3.05) is 24.3 Å². The summed E-state index contributed by atoms with van der Waals surface area (Å²) in [7, 11) is -0.693. The average Bonchev–Trinajstić information content (AvgIpc) is 2.79. The molecule has 0 aliphatic rings. The topological polar surface area (TPSA) is 107 Å². The van der Waals surface area contributed by atoms with E-state index in [1.54, 1.807) is 54.6 Å². The van der Waals surface area contributed by atoms with Gasteiger partial charge in [-0.25, -0.2) is 13.4 Å². The van der Waals surface area contributed by atoms with Gasteiger partial charge >= 0.3 is 0 Å². The van der Waals surface area contributed by atoms with E-state index in [1.807, 2.05) is 0 Å². The number of methoxy groups -OCH3 is 2.